The Kier molecular flexibility index (Phi) is 67.2. The highest BCUT2D eigenvalue weighted by Gasteiger charge is 2.19. The Balaban J connectivity index is 4.26. The van der Waals surface area contributed by atoms with Gasteiger partial charge in [0.25, 0.3) is 0 Å². The fourth-order valence-electron chi connectivity index (χ4n) is 10.3. The molecule has 0 saturated heterocycles. The van der Waals surface area contributed by atoms with Crippen LogP contribution in [-0.4, -0.2) is 37.2 Å². The van der Waals surface area contributed by atoms with Crippen molar-refractivity contribution in [2.75, 3.05) is 13.2 Å². The minimum Gasteiger partial charge on any atom is -0.462 e. The summed E-state index contributed by atoms with van der Waals surface area (Å²) in [6.07, 6.45) is 93.2. The molecule has 0 aromatic heterocycles. The summed E-state index contributed by atoms with van der Waals surface area (Å²) < 4.78 is 17.0. The summed E-state index contributed by atoms with van der Waals surface area (Å²) >= 11 is 0. The maximum Gasteiger partial charge on any atom is 0.306 e. The van der Waals surface area contributed by atoms with Crippen LogP contribution in [0.3, 0.4) is 0 Å². The van der Waals surface area contributed by atoms with Crippen LogP contribution < -0.4 is 0 Å². The van der Waals surface area contributed by atoms with Gasteiger partial charge in [0.1, 0.15) is 13.2 Å². The van der Waals surface area contributed by atoms with Crippen molar-refractivity contribution in [2.24, 2.45) is 0 Å². The molecule has 0 aromatic carbocycles. The zero-order valence-electron chi connectivity index (χ0n) is 54.5. The third-order valence-electron chi connectivity index (χ3n) is 15.6. The lowest BCUT2D eigenvalue weighted by Gasteiger charge is -2.18. The van der Waals surface area contributed by atoms with Crippen LogP contribution in [0.1, 0.15) is 361 Å². The molecular weight excluding hydrogens is 1010 g/mol. The van der Waals surface area contributed by atoms with Crippen molar-refractivity contribution in [3.05, 3.63) is 85.1 Å². The predicted molar refractivity (Wildman–Crippen MR) is 358 cm³/mol. The van der Waals surface area contributed by atoms with Gasteiger partial charge in [0.2, 0.25) is 0 Å². The molecule has 0 bridgehead atoms. The third-order valence-corrected chi connectivity index (χ3v) is 15.6. The highest BCUT2D eigenvalue weighted by Crippen LogP contribution is 2.18. The van der Waals surface area contributed by atoms with E-state index in [1.807, 2.05) is 0 Å². The maximum atomic E-state index is 13.0. The lowest BCUT2D eigenvalue weighted by molar-refractivity contribution is -0.167. The van der Waals surface area contributed by atoms with Gasteiger partial charge >= 0.3 is 17.9 Å². The number of carbonyl (C=O) groups excluding carboxylic acids is 3. The van der Waals surface area contributed by atoms with E-state index in [0.29, 0.717) is 19.3 Å². The van der Waals surface area contributed by atoms with E-state index in [2.05, 4.69) is 106 Å². The molecule has 0 aromatic rings. The van der Waals surface area contributed by atoms with E-state index < -0.39 is 6.10 Å². The second-order valence-corrected chi connectivity index (χ2v) is 23.8. The van der Waals surface area contributed by atoms with Crippen LogP contribution in [0, 0.1) is 0 Å². The molecule has 0 heterocycles. The number of carbonyl (C=O) groups is 3. The van der Waals surface area contributed by atoms with Gasteiger partial charge in [-0.3, -0.25) is 14.4 Å². The number of hydrogen-bond donors (Lipinski definition) is 0. The molecular formula is C76H134O6. The number of hydrogen-bond acceptors (Lipinski definition) is 6. The number of unbranched alkanes of at least 4 members (excludes halogenated alkanes) is 40. The second-order valence-electron chi connectivity index (χ2n) is 23.8. The van der Waals surface area contributed by atoms with E-state index in [4.69, 9.17) is 14.2 Å². The van der Waals surface area contributed by atoms with Crippen molar-refractivity contribution in [1.82, 2.24) is 0 Å². The fraction of sp³-hybridized carbons (Fsp3) is 0.776. The molecule has 0 N–H and O–H groups in total. The van der Waals surface area contributed by atoms with Crippen molar-refractivity contribution in [1.29, 1.82) is 0 Å². The largest absolute Gasteiger partial charge is 0.462 e. The van der Waals surface area contributed by atoms with Gasteiger partial charge in [-0.2, -0.15) is 0 Å². The van der Waals surface area contributed by atoms with Crippen molar-refractivity contribution in [3.63, 3.8) is 0 Å². The zero-order valence-corrected chi connectivity index (χ0v) is 54.5. The first-order valence-electron chi connectivity index (χ1n) is 35.6. The molecule has 82 heavy (non-hydrogen) atoms. The van der Waals surface area contributed by atoms with E-state index >= 15 is 0 Å². The van der Waals surface area contributed by atoms with E-state index in [9.17, 15) is 14.4 Å². The summed E-state index contributed by atoms with van der Waals surface area (Å²) in [5.74, 6) is -0.872. The smallest absolute Gasteiger partial charge is 0.306 e. The molecule has 0 saturated carbocycles. The first-order valence-corrected chi connectivity index (χ1v) is 35.6. The standard InChI is InChI=1S/C76H134O6/c1-4-7-10-13-16-19-22-25-28-30-32-34-35-36-37-38-39-40-41-43-44-46-48-51-54-57-60-63-66-69-75(78)81-72-73(71-80-74(77)68-65-62-59-56-53-50-27-24-21-18-15-12-9-6-3)82-76(79)70-67-64-61-58-55-52-49-47-45-42-33-31-29-26-23-20-17-14-11-8-5-2/h7,10,15-16,18-19,24-25,27-28,32,34,36-37,73H,4-6,8-9,11-14,17,20-23,26,29-31,33,35,38-72H2,1-3H3/b10-7-,18-15-,19-16-,27-24-,28-25-,34-32-,37-36-. The quantitative estimate of drug-likeness (QED) is 0.0261. The summed E-state index contributed by atoms with van der Waals surface area (Å²) in [4.78, 5) is 38.4. The van der Waals surface area contributed by atoms with Crippen molar-refractivity contribution >= 4 is 17.9 Å². The molecule has 0 rings (SSSR count). The fourth-order valence-corrected chi connectivity index (χ4v) is 10.3. The van der Waals surface area contributed by atoms with Gasteiger partial charge in [0.15, 0.2) is 6.10 Å². The van der Waals surface area contributed by atoms with Gasteiger partial charge in [0, 0.05) is 19.3 Å². The second kappa shape index (κ2) is 70.1. The van der Waals surface area contributed by atoms with E-state index in [1.165, 1.54) is 212 Å². The Hall–Kier alpha value is -3.41. The summed E-state index contributed by atoms with van der Waals surface area (Å²) in [6.45, 7) is 6.53. The Bertz CT molecular complexity index is 1550. The van der Waals surface area contributed by atoms with Crippen LogP contribution in [0.25, 0.3) is 0 Å². The molecule has 0 spiro atoms. The summed E-state index contributed by atoms with van der Waals surface area (Å²) in [6, 6.07) is 0. The summed E-state index contributed by atoms with van der Waals surface area (Å²) in [5, 5.41) is 0. The minimum absolute atomic E-state index is 0.0775. The van der Waals surface area contributed by atoms with Crippen molar-refractivity contribution < 1.29 is 28.6 Å². The van der Waals surface area contributed by atoms with E-state index in [0.717, 1.165) is 109 Å². The molecule has 0 aliphatic rings. The maximum absolute atomic E-state index is 13.0. The number of rotatable bonds is 65. The van der Waals surface area contributed by atoms with Gasteiger partial charge in [-0.1, -0.05) is 337 Å². The van der Waals surface area contributed by atoms with Gasteiger partial charge in [-0.05, 0) is 89.9 Å². The SMILES string of the molecule is CC/C=C\C/C=C\C/C=C\C/C=C\C/C=C\CCCCCCCCCCCCCCCC(=O)OCC(COC(=O)CCCCCCC/C=C\C/C=C\CCCC)OC(=O)CCCCCCCCCCCCCCCCCCCCCCC. The van der Waals surface area contributed by atoms with Gasteiger partial charge in [-0.25, -0.2) is 0 Å². The number of esters is 3. The van der Waals surface area contributed by atoms with Crippen LogP contribution in [-0.2, 0) is 28.6 Å². The van der Waals surface area contributed by atoms with Gasteiger partial charge in [-0.15, -0.1) is 0 Å². The summed E-state index contributed by atoms with van der Waals surface area (Å²) in [5.41, 5.74) is 0. The Morgan fingerprint density at radius 2 is 0.488 bits per heavy atom. The highest BCUT2D eigenvalue weighted by atomic mass is 16.6. The highest BCUT2D eigenvalue weighted by molar-refractivity contribution is 5.71. The molecule has 6 nitrogen and oxygen atoms in total. The lowest BCUT2D eigenvalue weighted by Crippen LogP contribution is -2.30. The molecule has 474 valence electrons. The zero-order chi connectivity index (χ0) is 59.2. The van der Waals surface area contributed by atoms with Crippen LogP contribution in [0.15, 0.2) is 85.1 Å². The minimum atomic E-state index is -0.782. The van der Waals surface area contributed by atoms with Gasteiger partial charge < -0.3 is 14.2 Å². The van der Waals surface area contributed by atoms with Gasteiger partial charge in [0.05, 0.1) is 0 Å². The molecule has 0 fully saturated rings. The molecule has 6 heteroatoms. The van der Waals surface area contributed by atoms with E-state index in [1.54, 1.807) is 0 Å². The Labute approximate surface area is 509 Å². The van der Waals surface area contributed by atoms with E-state index in [-0.39, 0.29) is 31.1 Å². The average molecular weight is 1140 g/mol. The first-order chi connectivity index (χ1) is 40.5. The monoisotopic (exact) mass is 1140 g/mol. The van der Waals surface area contributed by atoms with Crippen LogP contribution in [0.4, 0.5) is 0 Å². The number of allylic oxidation sites excluding steroid dienone is 14. The Morgan fingerprint density at radius 1 is 0.256 bits per heavy atom. The molecule has 1 atom stereocenters. The molecule has 1 unspecified atom stereocenters. The molecule has 0 aliphatic carbocycles. The van der Waals surface area contributed by atoms with Crippen molar-refractivity contribution in [2.45, 2.75) is 367 Å². The lowest BCUT2D eigenvalue weighted by atomic mass is 10.0. The summed E-state index contributed by atoms with van der Waals surface area (Å²) in [7, 11) is 0. The molecule has 0 aliphatic heterocycles. The normalized spacial score (nSPS) is 12.6. The van der Waals surface area contributed by atoms with Crippen LogP contribution in [0.2, 0.25) is 0 Å². The molecule has 0 amide bonds. The first kappa shape index (κ1) is 78.6. The van der Waals surface area contributed by atoms with Crippen molar-refractivity contribution in [3.8, 4) is 0 Å². The molecule has 0 radical (unpaired) electrons. The third kappa shape index (κ3) is 67.4. The number of ether oxygens (including phenoxy) is 3. The Morgan fingerprint density at radius 3 is 0.780 bits per heavy atom. The van der Waals surface area contributed by atoms with Crippen LogP contribution in [0.5, 0.6) is 0 Å². The average Bonchev–Trinajstić information content (AvgIpc) is 3.47. The predicted octanol–water partition coefficient (Wildman–Crippen LogP) is 24.6. The topological polar surface area (TPSA) is 78.9 Å². The van der Waals surface area contributed by atoms with Crippen LogP contribution >= 0.6 is 0 Å².